The minimum Gasteiger partial charge on any atom is -0.383 e. The van der Waals surface area contributed by atoms with Crippen molar-refractivity contribution in [2.24, 2.45) is 0 Å². The first kappa shape index (κ1) is 11.8. The fraction of sp³-hybridized carbons (Fsp3) is 0.538. The van der Waals surface area contributed by atoms with Crippen LogP contribution in [0.5, 0.6) is 0 Å². The summed E-state index contributed by atoms with van der Waals surface area (Å²) in [7, 11) is 0. The topological polar surface area (TPSA) is 24.1 Å². The lowest BCUT2D eigenvalue weighted by Gasteiger charge is -2.24. The molecule has 2 N–H and O–H groups in total. The maximum absolute atomic E-state index is 3.55. The van der Waals surface area contributed by atoms with Gasteiger partial charge in [0.25, 0.3) is 0 Å². The van der Waals surface area contributed by atoms with Gasteiger partial charge >= 0.3 is 0 Å². The summed E-state index contributed by atoms with van der Waals surface area (Å²) in [5, 5.41) is 7.06. The third kappa shape index (κ3) is 3.42. The first-order chi connectivity index (χ1) is 7.88. The van der Waals surface area contributed by atoms with E-state index in [1.807, 2.05) is 0 Å². The molecule has 0 radical (unpaired) electrons. The van der Waals surface area contributed by atoms with Crippen LogP contribution in [-0.4, -0.2) is 25.4 Å². The molecule has 0 bridgehead atoms. The standard InChI is InChI=1S/C13H20N2S/c1-16-13-7-4-6-11(9-13)15-10-12-5-2-3-8-14-12/h4,6-7,9,12,14-15H,2-3,5,8,10H2,1H3. The molecule has 1 unspecified atom stereocenters. The van der Waals surface area contributed by atoms with E-state index in [-0.39, 0.29) is 0 Å². The van der Waals surface area contributed by atoms with Gasteiger partial charge in [-0.1, -0.05) is 12.5 Å². The van der Waals surface area contributed by atoms with Gasteiger partial charge in [0.1, 0.15) is 0 Å². The van der Waals surface area contributed by atoms with Crippen molar-refractivity contribution in [1.29, 1.82) is 0 Å². The van der Waals surface area contributed by atoms with Gasteiger partial charge in [0.05, 0.1) is 0 Å². The maximum Gasteiger partial charge on any atom is 0.0351 e. The fourth-order valence-electron chi connectivity index (χ4n) is 2.07. The highest BCUT2D eigenvalue weighted by Crippen LogP contribution is 2.19. The zero-order chi connectivity index (χ0) is 11.2. The summed E-state index contributed by atoms with van der Waals surface area (Å²) in [6.07, 6.45) is 6.11. The van der Waals surface area contributed by atoms with E-state index in [0.717, 1.165) is 6.54 Å². The van der Waals surface area contributed by atoms with Crippen molar-refractivity contribution >= 4 is 17.4 Å². The molecule has 0 aliphatic carbocycles. The number of nitrogens with one attached hydrogen (secondary N) is 2. The fourth-order valence-corrected chi connectivity index (χ4v) is 2.53. The Morgan fingerprint density at radius 2 is 2.38 bits per heavy atom. The van der Waals surface area contributed by atoms with E-state index in [0.29, 0.717) is 6.04 Å². The van der Waals surface area contributed by atoms with Gasteiger partial charge in [-0.3, -0.25) is 0 Å². The van der Waals surface area contributed by atoms with Crippen LogP contribution in [0.3, 0.4) is 0 Å². The van der Waals surface area contributed by atoms with Crippen molar-refractivity contribution in [1.82, 2.24) is 5.32 Å². The van der Waals surface area contributed by atoms with E-state index in [2.05, 4.69) is 41.2 Å². The number of hydrogen-bond donors (Lipinski definition) is 2. The zero-order valence-corrected chi connectivity index (χ0v) is 10.6. The second-order valence-electron chi connectivity index (χ2n) is 4.26. The van der Waals surface area contributed by atoms with Crippen molar-refractivity contribution in [3.63, 3.8) is 0 Å². The average Bonchev–Trinajstić information content (AvgIpc) is 2.38. The lowest BCUT2D eigenvalue weighted by atomic mass is 10.1. The lowest BCUT2D eigenvalue weighted by molar-refractivity contribution is 0.414. The molecule has 0 aromatic heterocycles. The highest BCUT2D eigenvalue weighted by Gasteiger charge is 2.11. The molecule has 2 rings (SSSR count). The van der Waals surface area contributed by atoms with Crippen LogP contribution in [0.1, 0.15) is 19.3 Å². The van der Waals surface area contributed by atoms with Crippen LogP contribution in [0.25, 0.3) is 0 Å². The number of piperidine rings is 1. The predicted octanol–water partition coefficient (Wildman–Crippen LogP) is 2.96. The molecule has 1 saturated heterocycles. The third-order valence-corrected chi connectivity index (χ3v) is 3.76. The number of rotatable bonds is 4. The molecule has 1 aliphatic heterocycles. The van der Waals surface area contributed by atoms with Crippen LogP contribution in [0, 0.1) is 0 Å². The van der Waals surface area contributed by atoms with Gasteiger partial charge in [0, 0.05) is 23.2 Å². The Bertz CT molecular complexity index is 321. The summed E-state index contributed by atoms with van der Waals surface area (Å²) in [5.41, 5.74) is 1.24. The molecule has 1 atom stereocenters. The van der Waals surface area contributed by atoms with E-state index >= 15 is 0 Å². The molecule has 1 fully saturated rings. The highest BCUT2D eigenvalue weighted by atomic mass is 32.2. The summed E-state index contributed by atoms with van der Waals surface area (Å²) in [4.78, 5) is 1.32. The number of hydrogen-bond acceptors (Lipinski definition) is 3. The molecule has 16 heavy (non-hydrogen) atoms. The second-order valence-corrected chi connectivity index (χ2v) is 5.14. The van der Waals surface area contributed by atoms with Crippen LogP contribution < -0.4 is 10.6 Å². The monoisotopic (exact) mass is 236 g/mol. The lowest BCUT2D eigenvalue weighted by Crippen LogP contribution is -2.39. The molecular formula is C13H20N2S. The van der Waals surface area contributed by atoms with Crippen molar-refractivity contribution in [2.45, 2.75) is 30.2 Å². The molecular weight excluding hydrogens is 216 g/mol. The molecule has 3 heteroatoms. The Kier molecular flexibility index (Phi) is 4.55. The Morgan fingerprint density at radius 3 is 3.12 bits per heavy atom. The van der Waals surface area contributed by atoms with E-state index in [9.17, 15) is 0 Å². The summed E-state index contributed by atoms with van der Waals surface area (Å²) >= 11 is 1.79. The van der Waals surface area contributed by atoms with Crippen LogP contribution in [0.4, 0.5) is 5.69 Å². The van der Waals surface area contributed by atoms with E-state index in [1.54, 1.807) is 11.8 Å². The van der Waals surface area contributed by atoms with E-state index < -0.39 is 0 Å². The summed E-state index contributed by atoms with van der Waals surface area (Å²) in [6, 6.07) is 9.26. The molecule has 2 nitrogen and oxygen atoms in total. The van der Waals surface area contributed by atoms with Crippen molar-refractivity contribution in [3.05, 3.63) is 24.3 Å². The number of anilines is 1. The highest BCUT2D eigenvalue weighted by molar-refractivity contribution is 7.98. The molecule has 1 aliphatic rings. The zero-order valence-electron chi connectivity index (χ0n) is 9.83. The molecule has 1 aromatic rings. The van der Waals surface area contributed by atoms with Crippen LogP contribution in [0.2, 0.25) is 0 Å². The summed E-state index contributed by atoms with van der Waals surface area (Å²) in [6.45, 7) is 2.22. The molecule has 0 amide bonds. The van der Waals surface area contributed by atoms with Gasteiger partial charge in [-0.2, -0.15) is 0 Å². The minimum atomic E-state index is 0.645. The first-order valence-electron chi connectivity index (χ1n) is 6.00. The Labute approximate surface area is 102 Å². The van der Waals surface area contributed by atoms with Crippen LogP contribution in [0.15, 0.2) is 29.2 Å². The molecule has 1 heterocycles. The van der Waals surface area contributed by atoms with Gasteiger partial charge in [0.15, 0.2) is 0 Å². The number of benzene rings is 1. The molecule has 0 spiro atoms. The average molecular weight is 236 g/mol. The van der Waals surface area contributed by atoms with Crippen molar-refractivity contribution < 1.29 is 0 Å². The van der Waals surface area contributed by atoms with Crippen molar-refractivity contribution in [3.8, 4) is 0 Å². The molecule has 1 aromatic carbocycles. The largest absolute Gasteiger partial charge is 0.383 e. The van der Waals surface area contributed by atoms with Gasteiger partial charge in [-0.15, -0.1) is 11.8 Å². The normalized spacial score (nSPS) is 20.7. The predicted molar refractivity (Wildman–Crippen MR) is 72.4 cm³/mol. The van der Waals surface area contributed by atoms with E-state index in [4.69, 9.17) is 0 Å². The molecule has 0 saturated carbocycles. The summed E-state index contributed by atoms with van der Waals surface area (Å²) in [5.74, 6) is 0. The van der Waals surface area contributed by atoms with Gasteiger partial charge < -0.3 is 10.6 Å². The summed E-state index contributed by atoms with van der Waals surface area (Å²) < 4.78 is 0. The minimum absolute atomic E-state index is 0.645. The van der Waals surface area contributed by atoms with E-state index in [1.165, 1.54) is 36.4 Å². The SMILES string of the molecule is CSc1cccc(NCC2CCCCN2)c1. The number of thioether (sulfide) groups is 1. The smallest absolute Gasteiger partial charge is 0.0351 e. The van der Waals surface area contributed by atoms with Gasteiger partial charge in [-0.25, -0.2) is 0 Å². The van der Waals surface area contributed by atoms with Crippen LogP contribution >= 0.6 is 11.8 Å². The third-order valence-electron chi connectivity index (χ3n) is 3.03. The first-order valence-corrected chi connectivity index (χ1v) is 7.22. The quantitative estimate of drug-likeness (QED) is 0.786. The van der Waals surface area contributed by atoms with Gasteiger partial charge in [0.2, 0.25) is 0 Å². The second kappa shape index (κ2) is 6.16. The Morgan fingerprint density at radius 1 is 1.44 bits per heavy atom. The maximum atomic E-state index is 3.55. The Balaban J connectivity index is 1.83. The van der Waals surface area contributed by atoms with Crippen molar-refractivity contribution in [2.75, 3.05) is 24.7 Å². The van der Waals surface area contributed by atoms with Crippen LogP contribution in [-0.2, 0) is 0 Å². The molecule has 88 valence electrons. The van der Waals surface area contributed by atoms with Gasteiger partial charge in [-0.05, 0) is 43.8 Å². The Hall–Kier alpha value is -0.670.